The van der Waals surface area contributed by atoms with E-state index >= 15 is 0 Å². The Labute approximate surface area is 126 Å². The number of carbonyl (C=O) groups excluding carboxylic acids is 2. The van der Waals surface area contributed by atoms with Crippen molar-refractivity contribution in [3.63, 3.8) is 0 Å². The van der Waals surface area contributed by atoms with Crippen LogP contribution in [0.25, 0.3) is 0 Å². The van der Waals surface area contributed by atoms with Crippen LogP contribution in [0.15, 0.2) is 45.3 Å². The summed E-state index contributed by atoms with van der Waals surface area (Å²) in [6.07, 6.45) is 0. The maximum atomic E-state index is 11.8. The Hall–Kier alpha value is -2.48. The van der Waals surface area contributed by atoms with E-state index in [-0.39, 0.29) is 5.76 Å². The lowest BCUT2D eigenvalue weighted by molar-refractivity contribution is -0.402. The lowest BCUT2D eigenvalue weighted by atomic mass is 10.1. The SMILES string of the molecule is O=C(COC(=O)c1ccc([N+](=O)[O-])o1)c1ccc(Br)cc1. The molecule has 0 saturated carbocycles. The van der Waals surface area contributed by atoms with Gasteiger partial charge in [0.25, 0.3) is 0 Å². The standard InChI is InChI=1S/C13H8BrNO6/c14-9-3-1-8(2-4-9)10(16)7-20-13(17)11-5-6-12(21-11)15(18)19/h1-6H,7H2. The minimum Gasteiger partial charge on any atom is -0.451 e. The molecule has 0 amide bonds. The predicted octanol–water partition coefficient (Wildman–Crippen LogP) is 2.99. The van der Waals surface area contributed by atoms with Crippen LogP contribution in [-0.2, 0) is 4.74 Å². The van der Waals surface area contributed by atoms with Crippen molar-refractivity contribution in [2.45, 2.75) is 0 Å². The topological polar surface area (TPSA) is 99.7 Å². The summed E-state index contributed by atoms with van der Waals surface area (Å²) < 4.78 is 10.2. The summed E-state index contributed by atoms with van der Waals surface area (Å²) in [6.45, 7) is -0.477. The first-order valence-corrected chi connectivity index (χ1v) is 6.47. The van der Waals surface area contributed by atoms with Gasteiger partial charge in [0, 0.05) is 10.0 Å². The molecule has 1 aromatic heterocycles. The summed E-state index contributed by atoms with van der Waals surface area (Å²) in [7, 11) is 0. The molecule has 2 aromatic rings. The molecule has 0 spiro atoms. The monoisotopic (exact) mass is 353 g/mol. The Kier molecular flexibility index (Phi) is 4.49. The first-order chi connectivity index (χ1) is 9.97. The highest BCUT2D eigenvalue weighted by Gasteiger charge is 2.19. The van der Waals surface area contributed by atoms with Gasteiger partial charge in [-0.25, -0.2) is 4.79 Å². The molecule has 0 unspecified atom stereocenters. The number of ether oxygens (including phenoxy) is 1. The van der Waals surface area contributed by atoms with Crippen LogP contribution in [0.2, 0.25) is 0 Å². The molecule has 21 heavy (non-hydrogen) atoms. The second kappa shape index (κ2) is 6.31. The Bertz CT molecular complexity index is 691. The number of halogens is 1. The number of carbonyl (C=O) groups is 2. The number of hydrogen-bond acceptors (Lipinski definition) is 6. The molecule has 0 N–H and O–H groups in total. The molecule has 108 valence electrons. The van der Waals surface area contributed by atoms with Gasteiger partial charge in [-0.2, -0.15) is 0 Å². The summed E-state index contributed by atoms with van der Waals surface area (Å²) in [5.41, 5.74) is 0.386. The van der Waals surface area contributed by atoms with E-state index in [2.05, 4.69) is 20.3 Å². The molecule has 1 aromatic carbocycles. The van der Waals surface area contributed by atoms with E-state index in [9.17, 15) is 19.7 Å². The summed E-state index contributed by atoms with van der Waals surface area (Å²) in [4.78, 5) is 33.0. The molecule has 7 nitrogen and oxygen atoms in total. The average molecular weight is 354 g/mol. The highest BCUT2D eigenvalue weighted by molar-refractivity contribution is 9.10. The lowest BCUT2D eigenvalue weighted by Crippen LogP contribution is -2.13. The number of ketones is 1. The molecule has 0 bridgehead atoms. The Morgan fingerprint density at radius 1 is 1.19 bits per heavy atom. The smallest absolute Gasteiger partial charge is 0.433 e. The Morgan fingerprint density at radius 2 is 1.86 bits per heavy atom. The van der Waals surface area contributed by atoms with Crippen LogP contribution >= 0.6 is 15.9 Å². The first-order valence-electron chi connectivity index (χ1n) is 5.67. The molecule has 0 fully saturated rings. The van der Waals surface area contributed by atoms with Crippen LogP contribution in [0.3, 0.4) is 0 Å². The van der Waals surface area contributed by atoms with Crippen LogP contribution in [0.4, 0.5) is 5.88 Å². The highest BCUT2D eigenvalue weighted by Crippen LogP contribution is 2.16. The first kappa shape index (κ1) is 14.9. The van der Waals surface area contributed by atoms with Crippen LogP contribution in [-0.4, -0.2) is 23.3 Å². The van der Waals surface area contributed by atoms with Gasteiger partial charge in [-0.1, -0.05) is 28.1 Å². The van der Waals surface area contributed by atoms with Crippen molar-refractivity contribution in [1.29, 1.82) is 0 Å². The van der Waals surface area contributed by atoms with Crippen LogP contribution in [0.1, 0.15) is 20.9 Å². The molecule has 0 atom stereocenters. The van der Waals surface area contributed by atoms with Gasteiger partial charge in [-0.3, -0.25) is 14.9 Å². The zero-order chi connectivity index (χ0) is 15.4. The quantitative estimate of drug-likeness (QED) is 0.354. The van der Waals surface area contributed by atoms with Crippen molar-refractivity contribution < 1.29 is 23.7 Å². The van der Waals surface area contributed by atoms with Crippen molar-refractivity contribution >= 4 is 33.6 Å². The number of furan rings is 1. The number of nitrogens with zero attached hydrogens (tertiary/aromatic N) is 1. The summed E-state index contributed by atoms with van der Waals surface area (Å²) in [5, 5.41) is 10.4. The third-order valence-corrected chi connectivity index (χ3v) is 3.00. The minimum atomic E-state index is -0.937. The molecule has 0 aliphatic heterocycles. The van der Waals surface area contributed by atoms with Crippen LogP contribution in [0, 0.1) is 10.1 Å². The van der Waals surface area contributed by atoms with Gasteiger partial charge >= 0.3 is 11.9 Å². The summed E-state index contributed by atoms with van der Waals surface area (Å²) >= 11 is 3.24. The second-order valence-corrected chi connectivity index (χ2v) is 4.82. The van der Waals surface area contributed by atoms with Crippen molar-refractivity contribution in [3.05, 3.63) is 62.3 Å². The fourth-order valence-corrected chi connectivity index (χ4v) is 1.72. The van der Waals surface area contributed by atoms with E-state index in [0.29, 0.717) is 5.56 Å². The number of Topliss-reactive ketones (excluding diaryl/α,β-unsaturated/α-hetero) is 1. The Morgan fingerprint density at radius 3 is 2.43 bits per heavy atom. The number of hydrogen-bond donors (Lipinski definition) is 0. The van der Waals surface area contributed by atoms with Gasteiger partial charge in [0.1, 0.15) is 4.92 Å². The maximum absolute atomic E-state index is 11.8. The fourth-order valence-electron chi connectivity index (χ4n) is 1.46. The van der Waals surface area contributed by atoms with Gasteiger partial charge in [-0.15, -0.1) is 0 Å². The van der Waals surface area contributed by atoms with Gasteiger partial charge in [0.05, 0.1) is 6.07 Å². The molecular weight excluding hydrogens is 346 g/mol. The van der Waals surface area contributed by atoms with E-state index in [0.717, 1.165) is 16.6 Å². The molecule has 2 rings (SSSR count). The Balaban J connectivity index is 1.95. The van der Waals surface area contributed by atoms with Crippen LogP contribution < -0.4 is 0 Å². The number of benzene rings is 1. The molecule has 1 heterocycles. The maximum Gasteiger partial charge on any atom is 0.433 e. The minimum absolute atomic E-state index is 0.328. The number of esters is 1. The predicted molar refractivity (Wildman–Crippen MR) is 74.1 cm³/mol. The van der Waals surface area contributed by atoms with Gasteiger partial charge in [0.15, 0.2) is 12.4 Å². The summed E-state index contributed by atoms with van der Waals surface area (Å²) in [6, 6.07) is 8.68. The molecule has 0 aliphatic rings. The molecule has 0 saturated heterocycles. The van der Waals surface area contributed by atoms with Crippen LogP contribution in [0.5, 0.6) is 0 Å². The van der Waals surface area contributed by atoms with Gasteiger partial charge in [-0.05, 0) is 18.2 Å². The van der Waals surface area contributed by atoms with Crippen molar-refractivity contribution in [2.75, 3.05) is 6.61 Å². The van der Waals surface area contributed by atoms with Crippen molar-refractivity contribution in [1.82, 2.24) is 0 Å². The number of nitro groups is 1. The van der Waals surface area contributed by atoms with E-state index < -0.39 is 29.2 Å². The molecule has 0 radical (unpaired) electrons. The highest BCUT2D eigenvalue weighted by atomic mass is 79.9. The molecule has 8 heteroatoms. The zero-order valence-electron chi connectivity index (χ0n) is 10.4. The van der Waals surface area contributed by atoms with Crippen molar-refractivity contribution in [3.8, 4) is 0 Å². The van der Waals surface area contributed by atoms with E-state index in [4.69, 9.17) is 4.74 Å². The molecular formula is C13H8BrNO6. The largest absolute Gasteiger partial charge is 0.451 e. The zero-order valence-corrected chi connectivity index (χ0v) is 12.0. The summed E-state index contributed by atoms with van der Waals surface area (Å²) in [5.74, 6) is -2.23. The third kappa shape index (κ3) is 3.76. The normalized spacial score (nSPS) is 10.1. The third-order valence-electron chi connectivity index (χ3n) is 2.47. The lowest BCUT2D eigenvalue weighted by Gasteiger charge is -2.02. The molecule has 0 aliphatic carbocycles. The fraction of sp³-hybridized carbons (Fsp3) is 0.0769. The van der Waals surface area contributed by atoms with Crippen molar-refractivity contribution in [2.24, 2.45) is 0 Å². The average Bonchev–Trinajstić information content (AvgIpc) is 2.95. The second-order valence-electron chi connectivity index (χ2n) is 3.90. The van der Waals surface area contributed by atoms with E-state index in [1.807, 2.05) is 0 Å². The van der Waals surface area contributed by atoms with E-state index in [1.165, 1.54) is 0 Å². The number of rotatable bonds is 5. The van der Waals surface area contributed by atoms with Gasteiger partial charge < -0.3 is 9.15 Å². The van der Waals surface area contributed by atoms with E-state index in [1.54, 1.807) is 24.3 Å². The van der Waals surface area contributed by atoms with Gasteiger partial charge in [0.2, 0.25) is 5.76 Å².